The molecular formula is C10H13N3O. The summed E-state index contributed by atoms with van der Waals surface area (Å²) < 4.78 is 1.94. The summed E-state index contributed by atoms with van der Waals surface area (Å²) in [5, 5.41) is 9.05. The summed E-state index contributed by atoms with van der Waals surface area (Å²) in [7, 11) is 0. The van der Waals surface area contributed by atoms with Crippen molar-refractivity contribution in [3.8, 4) is 0 Å². The molecule has 1 atom stereocenters. The Morgan fingerprint density at radius 1 is 1.57 bits per heavy atom. The Morgan fingerprint density at radius 2 is 2.36 bits per heavy atom. The van der Waals surface area contributed by atoms with E-state index in [0.717, 1.165) is 11.0 Å². The van der Waals surface area contributed by atoms with Gasteiger partial charge in [0, 0.05) is 5.69 Å². The van der Waals surface area contributed by atoms with Crippen molar-refractivity contribution in [2.24, 2.45) is 0 Å². The van der Waals surface area contributed by atoms with Gasteiger partial charge in [0.1, 0.15) is 0 Å². The average molecular weight is 191 g/mol. The third-order valence-corrected chi connectivity index (χ3v) is 2.34. The second-order valence-electron chi connectivity index (χ2n) is 3.43. The molecule has 4 nitrogen and oxygen atoms in total. The number of aliphatic hydroxyl groups excluding tert-OH is 1. The summed E-state index contributed by atoms with van der Waals surface area (Å²) in [5.41, 5.74) is 8.22. The van der Waals surface area contributed by atoms with Crippen LogP contribution in [0.4, 0.5) is 5.69 Å². The number of aromatic nitrogens is 2. The molecule has 0 radical (unpaired) electrons. The van der Waals surface area contributed by atoms with Crippen LogP contribution in [0.3, 0.4) is 0 Å². The van der Waals surface area contributed by atoms with Crippen LogP contribution >= 0.6 is 0 Å². The van der Waals surface area contributed by atoms with E-state index in [0.29, 0.717) is 5.69 Å². The molecule has 0 fully saturated rings. The van der Waals surface area contributed by atoms with Crippen molar-refractivity contribution >= 4 is 16.7 Å². The number of nitrogens with zero attached hydrogens (tertiary/aromatic N) is 2. The number of anilines is 1. The number of rotatable bonds is 2. The van der Waals surface area contributed by atoms with Crippen molar-refractivity contribution in [1.82, 2.24) is 9.55 Å². The molecule has 2 aromatic rings. The predicted molar refractivity (Wildman–Crippen MR) is 55.9 cm³/mol. The van der Waals surface area contributed by atoms with Crippen molar-refractivity contribution in [2.75, 3.05) is 12.3 Å². The van der Waals surface area contributed by atoms with Crippen LogP contribution in [0.5, 0.6) is 0 Å². The van der Waals surface area contributed by atoms with Gasteiger partial charge in [-0.25, -0.2) is 4.98 Å². The van der Waals surface area contributed by atoms with Gasteiger partial charge in [-0.1, -0.05) is 0 Å². The third-order valence-electron chi connectivity index (χ3n) is 2.34. The summed E-state index contributed by atoms with van der Waals surface area (Å²) in [6.07, 6.45) is 1.73. The minimum Gasteiger partial charge on any atom is -0.399 e. The van der Waals surface area contributed by atoms with E-state index >= 15 is 0 Å². The molecule has 1 unspecified atom stereocenters. The molecule has 0 amide bonds. The van der Waals surface area contributed by atoms with Crippen molar-refractivity contribution in [1.29, 1.82) is 0 Å². The van der Waals surface area contributed by atoms with Gasteiger partial charge >= 0.3 is 0 Å². The zero-order chi connectivity index (χ0) is 10.1. The van der Waals surface area contributed by atoms with E-state index < -0.39 is 0 Å². The number of nitrogen functional groups attached to an aromatic ring is 1. The topological polar surface area (TPSA) is 64.1 Å². The maximum Gasteiger partial charge on any atom is 0.0961 e. The summed E-state index contributed by atoms with van der Waals surface area (Å²) in [4.78, 5) is 4.22. The molecule has 0 bridgehead atoms. The summed E-state index contributed by atoms with van der Waals surface area (Å²) in [6.45, 7) is 2.05. The first-order chi connectivity index (χ1) is 6.72. The zero-order valence-electron chi connectivity index (χ0n) is 8.01. The van der Waals surface area contributed by atoms with Gasteiger partial charge in [-0.3, -0.25) is 0 Å². The van der Waals surface area contributed by atoms with E-state index in [2.05, 4.69) is 4.98 Å². The summed E-state index contributed by atoms with van der Waals surface area (Å²) >= 11 is 0. The molecule has 0 aliphatic heterocycles. The van der Waals surface area contributed by atoms with E-state index in [-0.39, 0.29) is 12.6 Å². The fraction of sp³-hybridized carbons (Fsp3) is 0.300. The number of hydrogen-bond donors (Lipinski definition) is 2. The lowest BCUT2D eigenvalue weighted by molar-refractivity contribution is 0.241. The lowest BCUT2D eigenvalue weighted by atomic mass is 10.2. The molecule has 2 rings (SSSR count). The average Bonchev–Trinajstić information content (AvgIpc) is 2.59. The first kappa shape index (κ1) is 9.02. The van der Waals surface area contributed by atoms with E-state index in [1.807, 2.05) is 29.7 Å². The number of aliphatic hydroxyl groups is 1. The molecule has 0 aliphatic rings. The Bertz CT molecular complexity index is 450. The molecule has 3 N–H and O–H groups in total. The highest BCUT2D eigenvalue weighted by molar-refractivity contribution is 5.79. The molecule has 1 aromatic heterocycles. The standard InChI is InChI=1S/C10H13N3O/c1-7(5-14)13-6-12-9-4-8(11)2-3-10(9)13/h2-4,6-7,14H,5,11H2,1H3. The van der Waals surface area contributed by atoms with Crippen LogP contribution in [0.15, 0.2) is 24.5 Å². The van der Waals surface area contributed by atoms with E-state index in [9.17, 15) is 0 Å². The number of nitrogens with two attached hydrogens (primary N) is 1. The van der Waals surface area contributed by atoms with Gasteiger partial charge in [0.25, 0.3) is 0 Å². The van der Waals surface area contributed by atoms with Crippen LogP contribution in [0.25, 0.3) is 11.0 Å². The maximum absolute atomic E-state index is 9.05. The number of imidazole rings is 1. The van der Waals surface area contributed by atoms with Gasteiger partial charge in [-0.2, -0.15) is 0 Å². The third kappa shape index (κ3) is 1.33. The van der Waals surface area contributed by atoms with Crippen LogP contribution < -0.4 is 5.73 Å². The lowest BCUT2D eigenvalue weighted by Crippen LogP contribution is -2.07. The second kappa shape index (κ2) is 3.31. The first-order valence-electron chi connectivity index (χ1n) is 4.55. The van der Waals surface area contributed by atoms with Gasteiger partial charge in [-0.15, -0.1) is 0 Å². The Kier molecular flexibility index (Phi) is 2.13. The van der Waals surface area contributed by atoms with E-state index in [1.54, 1.807) is 6.33 Å². The van der Waals surface area contributed by atoms with Crippen molar-refractivity contribution < 1.29 is 5.11 Å². The molecule has 0 spiro atoms. The Hall–Kier alpha value is -1.55. The quantitative estimate of drug-likeness (QED) is 0.700. The molecule has 0 saturated carbocycles. The van der Waals surface area contributed by atoms with E-state index in [1.165, 1.54) is 0 Å². The molecule has 4 heteroatoms. The van der Waals surface area contributed by atoms with Crippen LogP contribution in [0.2, 0.25) is 0 Å². The maximum atomic E-state index is 9.05. The molecule has 0 saturated heterocycles. The molecular weight excluding hydrogens is 178 g/mol. The van der Waals surface area contributed by atoms with Crippen LogP contribution in [-0.2, 0) is 0 Å². The van der Waals surface area contributed by atoms with Gasteiger partial charge < -0.3 is 15.4 Å². The number of hydrogen-bond acceptors (Lipinski definition) is 3. The lowest BCUT2D eigenvalue weighted by Gasteiger charge is -2.10. The molecule has 0 aliphatic carbocycles. The Labute approximate surface area is 82.0 Å². The van der Waals surface area contributed by atoms with Crippen LogP contribution in [-0.4, -0.2) is 21.3 Å². The Balaban J connectivity index is 2.58. The van der Waals surface area contributed by atoms with Crippen molar-refractivity contribution in [2.45, 2.75) is 13.0 Å². The first-order valence-corrected chi connectivity index (χ1v) is 4.55. The largest absolute Gasteiger partial charge is 0.399 e. The second-order valence-corrected chi connectivity index (χ2v) is 3.43. The molecule has 1 heterocycles. The Morgan fingerprint density at radius 3 is 3.07 bits per heavy atom. The highest BCUT2D eigenvalue weighted by atomic mass is 16.3. The van der Waals surface area contributed by atoms with Crippen LogP contribution in [0, 0.1) is 0 Å². The smallest absolute Gasteiger partial charge is 0.0961 e. The van der Waals surface area contributed by atoms with Gasteiger partial charge in [0.15, 0.2) is 0 Å². The normalized spacial score (nSPS) is 13.3. The number of benzene rings is 1. The fourth-order valence-corrected chi connectivity index (χ4v) is 1.49. The molecule has 74 valence electrons. The minimum absolute atomic E-state index is 0.0450. The van der Waals surface area contributed by atoms with Gasteiger partial charge in [0.2, 0.25) is 0 Å². The summed E-state index contributed by atoms with van der Waals surface area (Å²) in [6, 6.07) is 5.63. The SMILES string of the molecule is CC(CO)n1cnc2cc(N)ccc21. The van der Waals surface area contributed by atoms with Gasteiger partial charge in [0.05, 0.1) is 30.0 Å². The van der Waals surface area contributed by atoms with Gasteiger partial charge in [-0.05, 0) is 25.1 Å². The highest BCUT2D eigenvalue weighted by Crippen LogP contribution is 2.19. The monoisotopic (exact) mass is 191 g/mol. The fourth-order valence-electron chi connectivity index (χ4n) is 1.49. The van der Waals surface area contributed by atoms with E-state index in [4.69, 9.17) is 10.8 Å². The zero-order valence-corrected chi connectivity index (χ0v) is 8.01. The predicted octanol–water partition coefficient (Wildman–Crippen LogP) is 1.17. The molecule has 14 heavy (non-hydrogen) atoms. The number of fused-ring (bicyclic) bond motifs is 1. The summed E-state index contributed by atoms with van der Waals surface area (Å²) in [5.74, 6) is 0. The minimum atomic E-state index is 0.0450. The highest BCUT2D eigenvalue weighted by Gasteiger charge is 2.07. The van der Waals surface area contributed by atoms with Crippen LogP contribution in [0.1, 0.15) is 13.0 Å². The molecule has 1 aromatic carbocycles. The van der Waals surface area contributed by atoms with Crippen molar-refractivity contribution in [3.63, 3.8) is 0 Å². The van der Waals surface area contributed by atoms with Crippen molar-refractivity contribution in [3.05, 3.63) is 24.5 Å².